The Morgan fingerprint density at radius 3 is 2.84 bits per heavy atom. The highest BCUT2D eigenvalue weighted by Crippen LogP contribution is 2.34. The number of carbonyl (C=O) groups excluding carboxylic acids is 1. The van der Waals surface area contributed by atoms with E-state index in [2.05, 4.69) is 25.7 Å². The number of amides is 1. The normalized spacial score (nSPS) is 23.8. The lowest BCUT2D eigenvalue weighted by Gasteiger charge is -2.48. The summed E-state index contributed by atoms with van der Waals surface area (Å²) < 4.78 is 5.53. The van der Waals surface area contributed by atoms with Crippen molar-refractivity contribution < 1.29 is 9.53 Å². The number of hydrogen-bond donors (Lipinski definition) is 3. The van der Waals surface area contributed by atoms with Crippen molar-refractivity contribution in [1.82, 2.24) is 25.7 Å². The van der Waals surface area contributed by atoms with E-state index in [4.69, 9.17) is 4.74 Å². The molecule has 2 fully saturated rings. The standard InChI is InChI=1S/C18H29N5O2/c24-17(16-14-12-19-7-4-15(14)21-22-16)20-13-18(5-2-1-3-6-18)23-8-10-25-11-9-23/h19H,1-13H2,(H,20,24)(H,21,22). The zero-order valence-electron chi connectivity index (χ0n) is 14.9. The highest BCUT2D eigenvalue weighted by atomic mass is 16.5. The lowest BCUT2D eigenvalue weighted by atomic mass is 9.79. The van der Waals surface area contributed by atoms with Crippen LogP contribution in [0.25, 0.3) is 0 Å². The van der Waals surface area contributed by atoms with Gasteiger partial charge in [-0.15, -0.1) is 0 Å². The molecule has 0 aromatic carbocycles. The molecule has 4 rings (SSSR count). The van der Waals surface area contributed by atoms with E-state index in [-0.39, 0.29) is 11.4 Å². The molecule has 0 unspecified atom stereocenters. The van der Waals surface area contributed by atoms with Gasteiger partial charge in [-0.05, 0) is 12.8 Å². The molecule has 3 aliphatic rings. The lowest BCUT2D eigenvalue weighted by Crippen LogP contribution is -2.59. The molecule has 0 bridgehead atoms. The Labute approximate surface area is 148 Å². The summed E-state index contributed by atoms with van der Waals surface area (Å²) in [5.74, 6) is -0.0422. The summed E-state index contributed by atoms with van der Waals surface area (Å²) in [6.07, 6.45) is 7.02. The number of aromatic amines is 1. The Morgan fingerprint density at radius 1 is 1.24 bits per heavy atom. The van der Waals surface area contributed by atoms with E-state index in [1.165, 1.54) is 19.3 Å². The summed E-state index contributed by atoms with van der Waals surface area (Å²) in [4.78, 5) is 15.3. The Morgan fingerprint density at radius 2 is 2.04 bits per heavy atom. The van der Waals surface area contributed by atoms with Crippen LogP contribution in [0.3, 0.4) is 0 Å². The Kier molecular flexibility index (Phi) is 5.05. The van der Waals surface area contributed by atoms with E-state index in [1.807, 2.05) is 0 Å². The molecule has 25 heavy (non-hydrogen) atoms. The van der Waals surface area contributed by atoms with E-state index in [9.17, 15) is 4.79 Å². The summed E-state index contributed by atoms with van der Waals surface area (Å²) in [5, 5.41) is 13.9. The number of aromatic nitrogens is 2. The van der Waals surface area contributed by atoms with Crippen LogP contribution in [0, 0.1) is 0 Å². The Bertz CT molecular complexity index is 603. The molecule has 1 aromatic rings. The van der Waals surface area contributed by atoms with Crippen LogP contribution in [0.2, 0.25) is 0 Å². The zero-order chi connectivity index (χ0) is 17.1. The molecule has 0 atom stereocenters. The van der Waals surface area contributed by atoms with Gasteiger partial charge in [0, 0.05) is 55.9 Å². The average molecular weight is 347 g/mol. The third kappa shape index (κ3) is 3.45. The van der Waals surface area contributed by atoms with Gasteiger partial charge in [0.2, 0.25) is 0 Å². The van der Waals surface area contributed by atoms with Gasteiger partial charge in [-0.25, -0.2) is 0 Å². The van der Waals surface area contributed by atoms with Crippen LogP contribution in [0.1, 0.15) is 53.8 Å². The van der Waals surface area contributed by atoms with Gasteiger partial charge in [0.15, 0.2) is 5.69 Å². The number of fused-ring (bicyclic) bond motifs is 1. The maximum atomic E-state index is 12.8. The van der Waals surface area contributed by atoms with Crippen LogP contribution in [0.5, 0.6) is 0 Å². The van der Waals surface area contributed by atoms with Crippen molar-refractivity contribution in [3.63, 3.8) is 0 Å². The number of nitrogens with zero attached hydrogens (tertiary/aromatic N) is 2. The van der Waals surface area contributed by atoms with Gasteiger partial charge in [0.05, 0.1) is 13.2 Å². The molecule has 0 radical (unpaired) electrons. The van der Waals surface area contributed by atoms with E-state index in [1.54, 1.807) is 0 Å². The molecule has 1 aromatic heterocycles. The maximum Gasteiger partial charge on any atom is 0.272 e. The Hall–Kier alpha value is -1.44. The van der Waals surface area contributed by atoms with Gasteiger partial charge in [0.25, 0.3) is 5.91 Å². The summed E-state index contributed by atoms with van der Waals surface area (Å²) >= 11 is 0. The smallest absolute Gasteiger partial charge is 0.272 e. The fraction of sp³-hybridized carbons (Fsp3) is 0.778. The maximum absolute atomic E-state index is 12.8. The van der Waals surface area contributed by atoms with Crippen molar-refractivity contribution in [3.05, 3.63) is 17.0 Å². The summed E-state index contributed by atoms with van der Waals surface area (Å²) in [5.41, 5.74) is 2.79. The van der Waals surface area contributed by atoms with Crippen molar-refractivity contribution in [3.8, 4) is 0 Å². The van der Waals surface area contributed by atoms with Gasteiger partial charge in [-0.3, -0.25) is 14.8 Å². The van der Waals surface area contributed by atoms with Crippen LogP contribution in [0.15, 0.2) is 0 Å². The molecule has 1 saturated carbocycles. The van der Waals surface area contributed by atoms with Crippen molar-refractivity contribution in [2.75, 3.05) is 39.4 Å². The number of H-pyrrole nitrogens is 1. The molecular formula is C18H29N5O2. The first kappa shape index (κ1) is 17.0. The molecular weight excluding hydrogens is 318 g/mol. The van der Waals surface area contributed by atoms with Crippen molar-refractivity contribution in [1.29, 1.82) is 0 Å². The van der Waals surface area contributed by atoms with Crippen molar-refractivity contribution in [2.24, 2.45) is 0 Å². The fourth-order valence-corrected chi connectivity index (χ4v) is 4.59. The second-order valence-corrected chi connectivity index (χ2v) is 7.52. The number of ether oxygens (including phenoxy) is 1. The number of nitrogens with one attached hydrogen (secondary N) is 3. The fourth-order valence-electron chi connectivity index (χ4n) is 4.59. The molecule has 138 valence electrons. The minimum Gasteiger partial charge on any atom is -0.379 e. The highest BCUT2D eigenvalue weighted by molar-refractivity contribution is 5.94. The third-order valence-electron chi connectivity index (χ3n) is 6.07. The third-order valence-corrected chi connectivity index (χ3v) is 6.07. The van der Waals surface area contributed by atoms with Crippen LogP contribution < -0.4 is 10.6 Å². The van der Waals surface area contributed by atoms with E-state index >= 15 is 0 Å². The van der Waals surface area contributed by atoms with Gasteiger partial charge >= 0.3 is 0 Å². The second kappa shape index (κ2) is 7.43. The first-order valence-corrected chi connectivity index (χ1v) is 9.66. The summed E-state index contributed by atoms with van der Waals surface area (Å²) in [7, 11) is 0. The summed E-state index contributed by atoms with van der Waals surface area (Å²) in [6.45, 7) is 5.91. The predicted molar refractivity (Wildman–Crippen MR) is 94.5 cm³/mol. The minimum atomic E-state index is -0.0422. The summed E-state index contributed by atoms with van der Waals surface area (Å²) in [6, 6.07) is 0. The topological polar surface area (TPSA) is 82.3 Å². The zero-order valence-corrected chi connectivity index (χ0v) is 14.9. The predicted octanol–water partition coefficient (Wildman–Crippen LogP) is 0.820. The number of morpholine rings is 1. The molecule has 3 N–H and O–H groups in total. The van der Waals surface area contributed by atoms with Crippen LogP contribution in [-0.2, 0) is 17.7 Å². The first-order valence-electron chi connectivity index (χ1n) is 9.66. The lowest BCUT2D eigenvalue weighted by molar-refractivity contribution is -0.0361. The number of hydrogen-bond acceptors (Lipinski definition) is 5. The number of rotatable bonds is 4. The van der Waals surface area contributed by atoms with E-state index in [0.717, 1.165) is 69.9 Å². The Balaban J connectivity index is 1.45. The molecule has 7 nitrogen and oxygen atoms in total. The van der Waals surface area contributed by atoms with Crippen LogP contribution in [-0.4, -0.2) is 65.9 Å². The van der Waals surface area contributed by atoms with Crippen LogP contribution in [0.4, 0.5) is 0 Å². The molecule has 0 spiro atoms. The molecule has 1 aliphatic carbocycles. The SMILES string of the molecule is O=C(NCC1(N2CCOCC2)CCCCC1)c1n[nH]c2c1CNCC2. The molecule has 7 heteroatoms. The van der Waals surface area contributed by atoms with Gasteiger partial charge in [-0.1, -0.05) is 19.3 Å². The molecule has 1 amide bonds. The van der Waals surface area contributed by atoms with Crippen molar-refractivity contribution in [2.45, 2.75) is 50.6 Å². The largest absolute Gasteiger partial charge is 0.379 e. The molecule has 3 heterocycles. The van der Waals surface area contributed by atoms with Crippen molar-refractivity contribution >= 4 is 5.91 Å². The van der Waals surface area contributed by atoms with Gasteiger partial charge < -0.3 is 15.4 Å². The minimum absolute atomic E-state index is 0.0422. The monoisotopic (exact) mass is 347 g/mol. The first-order chi connectivity index (χ1) is 12.3. The number of carbonyl (C=O) groups is 1. The van der Waals surface area contributed by atoms with Gasteiger partial charge in [0.1, 0.15) is 0 Å². The van der Waals surface area contributed by atoms with Gasteiger partial charge in [-0.2, -0.15) is 5.10 Å². The quantitative estimate of drug-likeness (QED) is 0.751. The average Bonchev–Trinajstić information content (AvgIpc) is 3.12. The van der Waals surface area contributed by atoms with Crippen LogP contribution >= 0.6 is 0 Å². The highest BCUT2D eigenvalue weighted by Gasteiger charge is 2.39. The second-order valence-electron chi connectivity index (χ2n) is 7.52. The molecule has 1 saturated heterocycles. The van der Waals surface area contributed by atoms with E-state index < -0.39 is 0 Å². The molecule has 2 aliphatic heterocycles. The van der Waals surface area contributed by atoms with E-state index in [0.29, 0.717) is 12.2 Å².